The molecular formula is C8H14N2O. The summed E-state index contributed by atoms with van der Waals surface area (Å²) in [6.45, 7) is 7.13. The Morgan fingerprint density at radius 3 is 2.18 bits per heavy atom. The van der Waals surface area contributed by atoms with Crippen molar-refractivity contribution >= 4 is 5.91 Å². The van der Waals surface area contributed by atoms with Crippen molar-refractivity contribution in [3.63, 3.8) is 0 Å². The predicted octanol–water partition coefficient (Wildman–Crippen LogP) is 0.144. The maximum absolute atomic E-state index is 10.7. The van der Waals surface area contributed by atoms with E-state index in [2.05, 4.69) is 13.2 Å². The summed E-state index contributed by atoms with van der Waals surface area (Å²) in [6.07, 6.45) is 1.63. The van der Waals surface area contributed by atoms with Crippen LogP contribution in [-0.4, -0.2) is 30.9 Å². The molecule has 0 fully saturated rings. The number of nitrogens with zero attached hydrogens (tertiary/aromatic N) is 1. The first-order chi connectivity index (χ1) is 5.00. The molecule has 0 aromatic rings. The molecule has 1 atom stereocenters. The topological polar surface area (TPSA) is 46.3 Å². The smallest absolute Gasteiger partial charge is 0.245 e. The van der Waals surface area contributed by atoms with Gasteiger partial charge in [0.15, 0.2) is 0 Å². The Hall–Kier alpha value is -1.09. The highest BCUT2D eigenvalue weighted by molar-refractivity contribution is 5.92. The number of rotatable bonds is 4. The first kappa shape index (κ1) is 9.91. The minimum absolute atomic E-state index is 0.160. The Balaban J connectivity index is 4.39. The number of carbonyl (C=O) groups is 1. The summed E-state index contributed by atoms with van der Waals surface area (Å²) in [4.78, 5) is 12.5. The van der Waals surface area contributed by atoms with E-state index < -0.39 is 5.91 Å². The summed E-state index contributed by atoms with van der Waals surface area (Å²) < 4.78 is 0. The van der Waals surface area contributed by atoms with E-state index in [0.717, 1.165) is 0 Å². The fourth-order valence-corrected chi connectivity index (χ4v) is 0.811. The predicted molar refractivity (Wildman–Crippen MR) is 46.0 cm³/mol. The minimum Gasteiger partial charge on any atom is -0.366 e. The number of amides is 1. The van der Waals surface area contributed by atoms with Gasteiger partial charge in [-0.15, -0.1) is 6.58 Å². The van der Waals surface area contributed by atoms with Crippen LogP contribution in [0, 0.1) is 0 Å². The van der Waals surface area contributed by atoms with Crippen LogP contribution in [0.2, 0.25) is 0 Å². The molecule has 0 spiro atoms. The standard InChI is InChI=1S/C8H14N2O/c1-5-7(10(3)4)6(2)8(9)11/h5,7H,1-2H2,3-4H3,(H2,9,11). The van der Waals surface area contributed by atoms with Crippen molar-refractivity contribution in [1.82, 2.24) is 4.90 Å². The molecule has 3 nitrogen and oxygen atoms in total. The van der Waals surface area contributed by atoms with Gasteiger partial charge in [-0.1, -0.05) is 12.7 Å². The average molecular weight is 154 g/mol. The third-order valence-electron chi connectivity index (χ3n) is 1.45. The van der Waals surface area contributed by atoms with Gasteiger partial charge in [-0.2, -0.15) is 0 Å². The summed E-state index contributed by atoms with van der Waals surface area (Å²) in [5, 5.41) is 0. The van der Waals surface area contributed by atoms with Crippen LogP contribution in [0.1, 0.15) is 0 Å². The fourth-order valence-electron chi connectivity index (χ4n) is 0.811. The molecule has 1 amide bonds. The molecular weight excluding hydrogens is 140 g/mol. The number of hydrogen-bond donors (Lipinski definition) is 1. The third-order valence-corrected chi connectivity index (χ3v) is 1.45. The summed E-state index contributed by atoms with van der Waals surface area (Å²) >= 11 is 0. The molecule has 0 aromatic carbocycles. The van der Waals surface area contributed by atoms with Gasteiger partial charge in [0, 0.05) is 5.57 Å². The van der Waals surface area contributed by atoms with E-state index in [4.69, 9.17) is 5.73 Å². The lowest BCUT2D eigenvalue weighted by atomic mass is 10.1. The van der Waals surface area contributed by atoms with E-state index >= 15 is 0 Å². The molecule has 0 aliphatic rings. The van der Waals surface area contributed by atoms with Crippen LogP contribution in [0.5, 0.6) is 0 Å². The largest absolute Gasteiger partial charge is 0.366 e. The van der Waals surface area contributed by atoms with Crippen molar-refractivity contribution < 1.29 is 4.79 Å². The molecule has 0 aliphatic carbocycles. The van der Waals surface area contributed by atoms with Crippen molar-refractivity contribution in [2.24, 2.45) is 5.73 Å². The van der Waals surface area contributed by atoms with Crippen molar-refractivity contribution in [3.05, 3.63) is 24.8 Å². The number of hydrogen-bond acceptors (Lipinski definition) is 2. The minimum atomic E-state index is -0.483. The molecule has 3 heteroatoms. The lowest BCUT2D eigenvalue weighted by Gasteiger charge is -2.20. The Bertz CT molecular complexity index is 185. The van der Waals surface area contributed by atoms with Crippen LogP contribution in [0.4, 0.5) is 0 Å². The van der Waals surface area contributed by atoms with Gasteiger partial charge in [-0.3, -0.25) is 9.69 Å². The van der Waals surface area contributed by atoms with Crippen molar-refractivity contribution in [2.45, 2.75) is 6.04 Å². The van der Waals surface area contributed by atoms with Gasteiger partial charge in [0.2, 0.25) is 5.91 Å². The van der Waals surface area contributed by atoms with Crippen LogP contribution in [0.25, 0.3) is 0 Å². The summed E-state index contributed by atoms with van der Waals surface area (Å²) in [5.41, 5.74) is 5.40. The number of primary amides is 1. The van der Waals surface area contributed by atoms with E-state index in [1.165, 1.54) is 0 Å². The number of carbonyl (C=O) groups excluding carboxylic acids is 1. The second-order valence-electron chi connectivity index (χ2n) is 2.53. The maximum atomic E-state index is 10.7. The first-order valence-electron chi connectivity index (χ1n) is 3.28. The molecule has 0 aliphatic heterocycles. The summed E-state index contributed by atoms with van der Waals surface area (Å²) in [7, 11) is 3.67. The van der Waals surface area contributed by atoms with Crippen molar-refractivity contribution in [1.29, 1.82) is 0 Å². The Morgan fingerprint density at radius 2 is 2.09 bits per heavy atom. The van der Waals surface area contributed by atoms with E-state index in [-0.39, 0.29) is 6.04 Å². The molecule has 0 rings (SSSR count). The number of nitrogens with two attached hydrogens (primary N) is 1. The Kier molecular flexibility index (Phi) is 3.54. The SMILES string of the molecule is C=CC(C(=C)C(N)=O)N(C)C. The van der Waals surface area contributed by atoms with E-state index in [1.54, 1.807) is 6.08 Å². The molecule has 1 unspecified atom stereocenters. The Morgan fingerprint density at radius 1 is 1.64 bits per heavy atom. The Labute approximate surface area is 67.2 Å². The zero-order chi connectivity index (χ0) is 9.02. The summed E-state index contributed by atoms with van der Waals surface area (Å²) in [5.74, 6) is -0.483. The molecule has 0 heterocycles. The van der Waals surface area contributed by atoms with Gasteiger partial charge in [0.1, 0.15) is 0 Å². The van der Waals surface area contributed by atoms with Crippen LogP contribution in [0.3, 0.4) is 0 Å². The highest BCUT2D eigenvalue weighted by Crippen LogP contribution is 2.05. The van der Waals surface area contributed by atoms with Gasteiger partial charge in [0.05, 0.1) is 6.04 Å². The zero-order valence-electron chi connectivity index (χ0n) is 7.00. The van der Waals surface area contributed by atoms with Gasteiger partial charge in [0.25, 0.3) is 0 Å². The fraction of sp³-hybridized carbons (Fsp3) is 0.375. The van der Waals surface area contributed by atoms with Crippen molar-refractivity contribution in [3.8, 4) is 0 Å². The molecule has 0 radical (unpaired) electrons. The lowest BCUT2D eigenvalue weighted by Crippen LogP contribution is -2.33. The van der Waals surface area contributed by atoms with E-state index in [9.17, 15) is 4.79 Å². The summed E-state index contributed by atoms with van der Waals surface area (Å²) in [6, 6.07) is -0.160. The van der Waals surface area contributed by atoms with Crippen LogP contribution >= 0.6 is 0 Å². The molecule has 0 saturated carbocycles. The van der Waals surface area contributed by atoms with Gasteiger partial charge >= 0.3 is 0 Å². The van der Waals surface area contributed by atoms with Crippen LogP contribution in [-0.2, 0) is 4.79 Å². The maximum Gasteiger partial charge on any atom is 0.245 e. The monoisotopic (exact) mass is 154 g/mol. The van der Waals surface area contributed by atoms with Crippen molar-refractivity contribution in [2.75, 3.05) is 14.1 Å². The van der Waals surface area contributed by atoms with Crippen LogP contribution < -0.4 is 5.73 Å². The van der Waals surface area contributed by atoms with Gasteiger partial charge in [-0.05, 0) is 14.1 Å². The second-order valence-corrected chi connectivity index (χ2v) is 2.53. The molecule has 2 N–H and O–H groups in total. The lowest BCUT2D eigenvalue weighted by molar-refractivity contribution is -0.115. The highest BCUT2D eigenvalue weighted by atomic mass is 16.1. The molecule has 0 aromatic heterocycles. The molecule has 0 bridgehead atoms. The normalized spacial score (nSPS) is 12.6. The first-order valence-corrected chi connectivity index (χ1v) is 3.28. The second kappa shape index (κ2) is 3.93. The van der Waals surface area contributed by atoms with Crippen LogP contribution in [0.15, 0.2) is 24.8 Å². The van der Waals surface area contributed by atoms with E-state index in [1.807, 2.05) is 19.0 Å². The molecule has 11 heavy (non-hydrogen) atoms. The molecule has 62 valence electrons. The average Bonchev–Trinajstić information content (AvgIpc) is 1.88. The van der Waals surface area contributed by atoms with E-state index in [0.29, 0.717) is 5.57 Å². The molecule has 0 saturated heterocycles. The number of likely N-dealkylation sites (N-methyl/N-ethyl adjacent to an activating group) is 1. The highest BCUT2D eigenvalue weighted by Gasteiger charge is 2.14. The van der Waals surface area contributed by atoms with Gasteiger partial charge < -0.3 is 5.73 Å². The quantitative estimate of drug-likeness (QED) is 0.462. The zero-order valence-corrected chi connectivity index (χ0v) is 7.00. The van der Waals surface area contributed by atoms with Gasteiger partial charge in [-0.25, -0.2) is 0 Å². The third kappa shape index (κ3) is 2.55.